The molecule has 196 valence electrons. The Morgan fingerprint density at radius 1 is 1.00 bits per heavy atom. The molecule has 1 aliphatic rings. The van der Waals surface area contributed by atoms with Crippen LogP contribution in [0, 0.1) is 13.8 Å². The molecule has 0 fully saturated rings. The minimum absolute atomic E-state index is 0.197. The Balaban J connectivity index is 1.53. The number of rotatable bonds is 4. The van der Waals surface area contributed by atoms with Gasteiger partial charge in [-0.2, -0.15) is 5.10 Å². The fraction of sp³-hybridized carbons (Fsp3) is 0.188. The van der Waals surface area contributed by atoms with Crippen molar-refractivity contribution in [3.8, 4) is 11.5 Å². The predicted octanol–water partition coefficient (Wildman–Crippen LogP) is 7.63. The lowest BCUT2D eigenvalue weighted by Crippen LogP contribution is -2.38. The van der Waals surface area contributed by atoms with E-state index in [2.05, 4.69) is 53.3 Å². The van der Waals surface area contributed by atoms with E-state index in [1.165, 1.54) is 5.56 Å². The van der Waals surface area contributed by atoms with Gasteiger partial charge in [0.15, 0.2) is 0 Å². The van der Waals surface area contributed by atoms with Gasteiger partial charge in [0, 0.05) is 22.5 Å². The molecule has 3 heterocycles. The minimum atomic E-state index is -0.318. The number of halogens is 1. The van der Waals surface area contributed by atoms with Crippen molar-refractivity contribution in [2.75, 3.05) is 5.32 Å². The number of hydrogen-bond acceptors (Lipinski definition) is 2. The molecule has 0 radical (unpaired) electrons. The van der Waals surface area contributed by atoms with Crippen molar-refractivity contribution < 1.29 is 4.79 Å². The first-order valence-corrected chi connectivity index (χ1v) is 13.6. The van der Waals surface area contributed by atoms with Gasteiger partial charge < -0.3 is 14.8 Å². The van der Waals surface area contributed by atoms with Crippen LogP contribution >= 0.6 is 11.6 Å². The van der Waals surface area contributed by atoms with Crippen molar-refractivity contribution in [1.29, 1.82) is 0 Å². The zero-order valence-electron chi connectivity index (χ0n) is 22.2. The van der Waals surface area contributed by atoms with Crippen LogP contribution in [0.3, 0.4) is 0 Å². The van der Waals surface area contributed by atoms with Crippen molar-refractivity contribution in [3.63, 3.8) is 0 Å². The number of fused-ring (bicyclic) bond motifs is 3. The molecule has 39 heavy (non-hydrogen) atoms. The molecule has 7 heteroatoms. The first-order valence-electron chi connectivity index (χ1n) is 13.2. The van der Waals surface area contributed by atoms with Crippen LogP contribution in [-0.2, 0) is 13.0 Å². The maximum absolute atomic E-state index is 14.2. The minimum Gasteiger partial charge on any atom is -0.307 e. The Bertz CT molecular complexity index is 1650. The Morgan fingerprint density at radius 2 is 1.77 bits per heavy atom. The molecule has 2 aromatic heterocycles. The monoisotopic (exact) mass is 535 g/mol. The van der Waals surface area contributed by atoms with Crippen LogP contribution in [0.5, 0.6) is 0 Å². The van der Waals surface area contributed by atoms with Crippen LogP contribution in [0.1, 0.15) is 46.6 Å². The van der Waals surface area contributed by atoms with Gasteiger partial charge in [0.05, 0.1) is 29.7 Å². The van der Waals surface area contributed by atoms with E-state index in [0.29, 0.717) is 17.3 Å². The first kappa shape index (κ1) is 25.0. The van der Waals surface area contributed by atoms with Crippen molar-refractivity contribution in [3.05, 3.63) is 130 Å². The summed E-state index contributed by atoms with van der Waals surface area (Å²) in [4.78, 5) is 16.1. The molecular weight excluding hydrogens is 506 g/mol. The highest BCUT2D eigenvalue weighted by molar-refractivity contribution is 6.31. The fourth-order valence-electron chi connectivity index (χ4n) is 5.35. The summed E-state index contributed by atoms with van der Waals surface area (Å²) in [5, 5.41) is 8.65. The van der Waals surface area contributed by atoms with Crippen molar-refractivity contribution in [2.45, 2.75) is 39.8 Å². The summed E-state index contributed by atoms with van der Waals surface area (Å²) < 4.78 is 4.16. The van der Waals surface area contributed by atoms with Crippen molar-refractivity contribution in [1.82, 2.24) is 19.2 Å². The number of carbonyl (C=O) groups is 1. The highest BCUT2D eigenvalue weighted by Crippen LogP contribution is 2.39. The van der Waals surface area contributed by atoms with E-state index in [1.54, 1.807) is 6.07 Å². The summed E-state index contributed by atoms with van der Waals surface area (Å²) in [6.45, 7) is 6.51. The van der Waals surface area contributed by atoms with Crippen LogP contribution in [-0.4, -0.2) is 25.3 Å². The van der Waals surface area contributed by atoms with Crippen molar-refractivity contribution in [2.24, 2.45) is 0 Å². The second-order valence-corrected chi connectivity index (χ2v) is 10.4. The molecule has 0 bridgehead atoms. The summed E-state index contributed by atoms with van der Waals surface area (Å²) in [5.41, 5.74) is 7.80. The summed E-state index contributed by atoms with van der Waals surface area (Å²) in [5.74, 6) is 0.947. The molecule has 6 nitrogen and oxygen atoms in total. The van der Waals surface area contributed by atoms with Crippen LogP contribution < -0.4 is 5.32 Å². The number of anilines is 1. The Labute approximate surface area is 233 Å². The summed E-state index contributed by atoms with van der Waals surface area (Å²) in [6.07, 6.45) is 3.02. The average Bonchev–Trinajstić information content (AvgIpc) is 3.51. The second-order valence-electron chi connectivity index (χ2n) is 9.95. The highest BCUT2D eigenvalue weighted by Gasteiger charge is 2.36. The number of nitrogens with one attached hydrogen (secondary N) is 1. The molecule has 0 saturated carbocycles. The van der Waals surface area contributed by atoms with Gasteiger partial charge in [-0.25, -0.2) is 9.48 Å². The number of nitrogens with zero attached hydrogens (tertiary/aromatic N) is 4. The van der Waals surface area contributed by atoms with E-state index < -0.39 is 0 Å². The molecule has 0 aliphatic carbocycles. The number of carbonyl (C=O) groups excluding carboxylic acids is 1. The predicted molar refractivity (Wildman–Crippen MR) is 156 cm³/mol. The Morgan fingerprint density at radius 3 is 2.51 bits per heavy atom. The molecule has 2 amide bonds. The molecule has 6 rings (SSSR count). The molecule has 0 spiro atoms. The SMILES string of the molecule is CCc1ccc(C2c3cccn3-c3c(c(C)nn3-c3ccccc3)CN2C(=O)Nc2cc(Cl)ccc2C)cc1. The van der Waals surface area contributed by atoms with Gasteiger partial charge in [-0.3, -0.25) is 0 Å². The first-order chi connectivity index (χ1) is 18.9. The van der Waals surface area contributed by atoms with E-state index >= 15 is 0 Å². The van der Waals surface area contributed by atoms with Gasteiger partial charge in [-0.05, 0) is 73.4 Å². The third kappa shape index (κ3) is 4.51. The summed E-state index contributed by atoms with van der Waals surface area (Å²) in [7, 11) is 0. The maximum Gasteiger partial charge on any atom is 0.322 e. The number of urea groups is 1. The molecule has 1 atom stereocenters. The molecule has 1 aliphatic heterocycles. The fourth-order valence-corrected chi connectivity index (χ4v) is 5.52. The second kappa shape index (κ2) is 10.1. The van der Waals surface area contributed by atoms with Crippen molar-refractivity contribution >= 4 is 23.3 Å². The summed E-state index contributed by atoms with van der Waals surface area (Å²) >= 11 is 6.29. The molecular formula is C32H30ClN5O. The van der Waals surface area contributed by atoms with E-state index in [9.17, 15) is 4.79 Å². The lowest BCUT2D eigenvalue weighted by atomic mass is 9.99. The van der Waals surface area contributed by atoms with E-state index in [0.717, 1.165) is 46.0 Å². The van der Waals surface area contributed by atoms with Gasteiger partial charge in [0.1, 0.15) is 5.82 Å². The topological polar surface area (TPSA) is 55.1 Å². The lowest BCUT2D eigenvalue weighted by molar-refractivity contribution is 0.194. The van der Waals surface area contributed by atoms with Crippen LogP contribution in [0.4, 0.5) is 10.5 Å². The van der Waals surface area contributed by atoms with Crippen LogP contribution in [0.2, 0.25) is 5.02 Å². The maximum atomic E-state index is 14.2. The third-order valence-corrected chi connectivity index (χ3v) is 7.73. The normalized spacial score (nSPS) is 14.5. The van der Waals surface area contributed by atoms with Crippen LogP contribution in [0.25, 0.3) is 11.5 Å². The molecule has 1 unspecified atom stereocenters. The van der Waals surface area contributed by atoms with Crippen LogP contribution in [0.15, 0.2) is 91.1 Å². The lowest BCUT2D eigenvalue weighted by Gasteiger charge is -2.31. The largest absolute Gasteiger partial charge is 0.322 e. The zero-order valence-corrected chi connectivity index (χ0v) is 23.0. The van der Waals surface area contributed by atoms with Gasteiger partial charge >= 0.3 is 6.03 Å². The van der Waals surface area contributed by atoms with Gasteiger partial charge in [-0.15, -0.1) is 0 Å². The number of para-hydroxylation sites is 1. The van der Waals surface area contributed by atoms with Gasteiger partial charge in [-0.1, -0.05) is 67.1 Å². The molecule has 1 N–H and O–H groups in total. The molecule has 5 aromatic rings. The number of hydrogen-bond donors (Lipinski definition) is 1. The number of aromatic nitrogens is 3. The van der Waals surface area contributed by atoms with Gasteiger partial charge in [0.2, 0.25) is 0 Å². The van der Waals surface area contributed by atoms with Gasteiger partial charge in [0.25, 0.3) is 0 Å². The standard InChI is InChI=1S/C32H30ClN5O/c1-4-23-13-15-24(16-14-23)30-29-11-8-18-36(29)31-27(22(3)35-38(31)26-9-6-5-7-10-26)20-37(30)32(39)34-28-19-25(33)17-12-21(28)2/h5-19,30H,4,20H2,1-3H3,(H,34,39). The Kier molecular flexibility index (Phi) is 6.49. The quantitative estimate of drug-likeness (QED) is 0.257. The third-order valence-electron chi connectivity index (χ3n) is 7.49. The number of amides is 2. The summed E-state index contributed by atoms with van der Waals surface area (Å²) in [6, 6.07) is 27.8. The average molecular weight is 536 g/mol. The Hall–Kier alpha value is -4.29. The highest BCUT2D eigenvalue weighted by atomic mass is 35.5. The number of benzene rings is 3. The zero-order chi connectivity index (χ0) is 27.1. The molecule has 0 saturated heterocycles. The number of aryl methyl sites for hydroxylation is 3. The van der Waals surface area contributed by atoms with E-state index in [1.807, 2.05) is 72.0 Å². The van der Waals surface area contributed by atoms with E-state index in [-0.39, 0.29) is 12.1 Å². The smallest absolute Gasteiger partial charge is 0.307 e. The molecule has 3 aromatic carbocycles. The van der Waals surface area contributed by atoms with E-state index in [4.69, 9.17) is 16.7 Å².